The Balaban J connectivity index is 1.52. The lowest BCUT2D eigenvalue weighted by Crippen LogP contribution is -2.28. The maximum absolute atomic E-state index is 12.6. The summed E-state index contributed by atoms with van der Waals surface area (Å²) in [6.45, 7) is 0.693. The number of nitrogens with one attached hydrogen (secondary N) is 2. The van der Waals surface area contributed by atoms with Crippen LogP contribution in [0, 0.1) is 5.92 Å². The molecule has 2 N–H and O–H groups in total. The Morgan fingerprint density at radius 3 is 2.86 bits per heavy atom. The molecule has 4 aromatic rings. The third-order valence-corrected chi connectivity index (χ3v) is 5.87. The summed E-state index contributed by atoms with van der Waals surface area (Å²) in [6.07, 6.45) is 10.2. The van der Waals surface area contributed by atoms with E-state index in [0.29, 0.717) is 24.2 Å². The Hall–Kier alpha value is -2.93. The van der Waals surface area contributed by atoms with Crippen LogP contribution in [-0.2, 0) is 11.3 Å². The molecule has 0 amide bonds. The van der Waals surface area contributed by atoms with E-state index in [0.717, 1.165) is 53.4 Å². The minimum Gasteiger partial charge on any atom is -0.381 e. The highest BCUT2D eigenvalue weighted by Crippen LogP contribution is 2.29. The lowest BCUT2D eigenvalue weighted by Gasteiger charge is -2.28. The summed E-state index contributed by atoms with van der Waals surface area (Å²) >= 11 is 0. The van der Waals surface area contributed by atoms with Gasteiger partial charge in [-0.05, 0) is 43.4 Å². The van der Waals surface area contributed by atoms with Crippen LogP contribution in [0.5, 0.6) is 0 Å². The molecule has 0 aromatic carbocycles. The predicted molar refractivity (Wildman–Crippen MR) is 108 cm³/mol. The summed E-state index contributed by atoms with van der Waals surface area (Å²) in [7, 11) is 1.77. The van der Waals surface area contributed by atoms with Crippen molar-refractivity contribution in [1.29, 1.82) is 0 Å². The number of nitrogens with zero attached hydrogens (tertiary/aromatic N) is 3. The molecule has 0 spiro atoms. The zero-order valence-corrected chi connectivity index (χ0v) is 15.8. The van der Waals surface area contributed by atoms with Gasteiger partial charge in [-0.1, -0.05) is 6.42 Å². The molecule has 4 heterocycles. The van der Waals surface area contributed by atoms with E-state index in [9.17, 15) is 4.79 Å². The first-order chi connectivity index (χ1) is 13.7. The molecule has 0 unspecified atom stereocenters. The van der Waals surface area contributed by atoms with Gasteiger partial charge in [0.25, 0.3) is 0 Å². The molecule has 1 aliphatic rings. The van der Waals surface area contributed by atoms with Crippen LogP contribution in [0.25, 0.3) is 33.3 Å². The highest BCUT2D eigenvalue weighted by atomic mass is 16.5. The first-order valence-electron chi connectivity index (χ1n) is 9.76. The fourth-order valence-electron chi connectivity index (χ4n) is 4.35. The molecule has 1 fully saturated rings. The SMILES string of the molecule is CO[C@@H]1CCC[C@H](Cn2c(=O)[nH]c3ncc(-c4cnc5[nH]ccc5c4)cc32)C1. The lowest BCUT2D eigenvalue weighted by molar-refractivity contribution is 0.0473. The Morgan fingerprint density at radius 2 is 2.00 bits per heavy atom. The Morgan fingerprint density at radius 1 is 1.18 bits per heavy atom. The minimum atomic E-state index is -0.0987. The Kier molecular flexibility index (Phi) is 4.24. The number of pyridine rings is 2. The third kappa shape index (κ3) is 3.01. The van der Waals surface area contributed by atoms with Crippen LogP contribution < -0.4 is 5.69 Å². The molecule has 2 atom stereocenters. The average molecular weight is 377 g/mol. The van der Waals surface area contributed by atoms with E-state index in [1.54, 1.807) is 13.3 Å². The van der Waals surface area contributed by atoms with Gasteiger partial charge < -0.3 is 9.72 Å². The summed E-state index contributed by atoms with van der Waals surface area (Å²) in [5.41, 5.74) is 4.17. The van der Waals surface area contributed by atoms with Crippen LogP contribution in [0.2, 0.25) is 0 Å². The van der Waals surface area contributed by atoms with Gasteiger partial charge in [0.1, 0.15) is 5.65 Å². The fourth-order valence-corrected chi connectivity index (χ4v) is 4.35. The zero-order chi connectivity index (χ0) is 19.1. The summed E-state index contributed by atoms with van der Waals surface area (Å²) in [5.74, 6) is 0.442. The number of methoxy groups -OCH3 is 1. The highest BCUT2D eigenvalue weighted by Gasteiger charge is 2.23. The van der Waals surface area contributed by atoms with Crippen LogP contribution in [0.3, 0.4) is 0 Å². The molecular weight excluding hydrogens is 354 g/mol. The van der Waals surface area contributed by atoms with E-state index in [-0.39, 0.29) is 5.69 Å². The number of rotatable bonds is 4. The quantitative estimate of drug-likeness (QED) is 0.570. The zero-order valence-electron chi connectivity index (χ0n) is 15.8. The van der Waals surface area contributed by atoms with E-state index in [1.165, 1.54) is 0 Å². The number of imidazole rings is 1. The summed E-state index contributed by atoms with van der Waals surface area (Å²) in [5, 5.41) is 1.05. The van der Waals surface area contributed by atoms with Crippen LogP contribution in [0.1, 0.15) is 25.7 Å². The molecular formula is C21H23N5O2. The largest absolute Gasteiger partial charge is 0.381 e. The van der Waals surface area contributed by atoms with Gasteiger partial charge in [-0.2, -0.15) is 0 Å². The number of hydrogen-bond acceptors (Lipinski definition) is 4. The predicted octanol–water partition coefficient (Wildman–Crippen LogP) is 3.47. The molecule has 0 aliphatic heterocycles. The maximum atomic E-state index is 12.6. The van der Waals surface area contributed by atoms with Crippen molar-refractivity contribution in [1.82, 2.24) is 24.5 Å². The van der Waals surface area contributed by atoms with Gasteiger partial charge in [0.05, 0.1) is 11.6 Å². The van der Waals surface area contributed by atoms with Crippen molar-refractivity contribution in [2.75, 3.05) is 7.11 Å². The molecule has 7 nitrogen and oxygen atoms in total. The number of ether oxygens (including phenoxy) is 1. The second-order valence-electron chi connectivity index (χ2n) is 7.66. The van der Waals surface area contributed by atoms with Gasteiger partial charge in [-0.3, -0.25) is 9.55 Å². The second kappa shape index (κ2) is 6.91. The van der Waals surface area contributed by atoms with E-state index in [4.69, 9.17) is 4.74 Å². The second-order valence-corrected chi connectivity index (χ2v) is 7.66. The maximum Gasteiger partial charge on any atom is 0.327 e. The first-order valence-corrected chi connectivity index (χ1v) is 9.76. The van der Waals surface area contributed by atoms with Crippen LogP contribution in [-0.4, -0.2) is 37.7 Å². The van der Waals surface area contributed by atoms with Gasteiger partial charge in [0.2, 0.25) is 0 Å². The molecule has 144 valence electrons. The Bertz CT molecular complexity index is 1190. The van der Waals surface area contributed by atoms with E-state index in [2.05, 4.69) is 26.0 Å². The normalized spacial score (nSPS) is 20.2. The molecule has 0 saturated heterocycles. The van der Waals surface area contributed by atoms with Crippen LogP contribution in [0.15, 0.2) is 41.6 Å². The summed E-state index contributed by atoms with van der Waals surface area (Å²) < 4.78 is 7.38. The average Bonchev–Trinajstić information content (AvgIpc) is 3.31. The fraction of sp³-hybridized carbons (Fsp3) is 0.381. The molecule has 7 heteroatoms. The van der Waals surface area contributed by atoms with Gasteiger partial charge in [-0.15, -0.1) is 0 Å². The van der Waals surface area contributed by atoms with Crippen molar-refractivity contribution in [2.45, 2.75) is 38.3 Å². The smallest absolute Gasteiger partial charge is 0.327 e. The summed E-state index contributed by atoms with van der Waals surface area (Å²) in [4.78, 5) is 27.5. The van der Waals surface area contributed by atoms with E-state index < -0.39 is 0 Å². The molecule has 0 radical (unpaired) electrons. The van der Waals surface area contributed by atoms with Gasteiger partial charge in [0, 0.05) is 48.8 Å². The van der Waals surface area contributed by atoms with E-state index in [1.807, 2.05) is 29.1 Å². The van der Waals surface area contributed by atoms with Gasteiger partial charge >= 0.3 is 5.69 Å². The molecule has 28 heavy (non-hydrogen) atoms. The van der Waals surface area contributed by atoms with Crippen LogP contribution >= 0.6 is 0 Å². The van der Waals surface area contributed by atoms with Gasteiger partial charge in [0.15, 0.2) is 5.65 Å². The van der Waals surface area contributed by atoms with Crippen molar-refractivity contribution in [3.8, 4) is 11.1 Å². The summed E-state index contributed by atoms with van der Waals surface area (Å²) in [6, 6.07) is 6.12. The first kappa shape index (κ1) is 17.2. The monoisotopic (exact) mass is 377 g/mol. The molecule has 4 aromatic heterocycles. The topological polar surface area (TPSA) is 88.6 Å². The van der Waals surface area contributed by atoms with Crippen LogP contribution in [0.4, 0.5) is 0 Å². The standard InChI is InChI=1S/C21H23N5O2/c1-28-17-4-2-3-13(7-17)12-26-18-9-16(11-24-20(18)25-21(26)27)15-8-14-5-6-22-19(14)23-10-15/h5-6,8-11,13,17H,2-4,7,12H2,1H3,(H,22,23)(H,24,25,27)/t13-,17+/m0/s1. The molecule has 0 bridgehead atoms. The van der Waals surface area contributed by atoms with E-state index >= 15 is 0 Å². The molecule has 5 rings (SSSR count). The number of fused-ring (bicyclic) bond motifs is 2. The van der Waals surface area contributed by atoms with Crippen molar-refractivity contribution < 1.29 is 4.74 Å². The van der Waals surface area contributed by atoms with Crippen molar-refractivity contribution in [2.24, 2.45) is 5.92 Å². The minimum absolute atomic E-state index is 0.0987. The molecule has 1 saturated carbocycles. The van der Waals surface area contributed by atoms with Crippen molar-refractivity contribution in [3.63, 3.8) is 0 Å². The third-order valence-electron chi connectivity index (χ3n) is 5.87. The number of H-pyrrole nitrogens is 2. The lowest BCUT2D eigenvalue weighted by atomic mass is 9.87. The van der Waals surface area contributed by atoms with Crippen molar-refractivity contribution in [3.05, 3.63) is 47.3 Å². The van der Waals surface area contributed by atoms with Crippen molar-refractivity contribution >= 4 is 22.2 Å². The highest BCUT2D eigenvalue weighted by molar-refractivity contribution is 5.84. The molecule has 1 aliphatic carbocycles. The van der Waals surface area contributed by atoms with Gasteiger partial charge in [-0.25, -0.2) is 14.8 Å². The number of aromatic nitrogens is 5. The Labute approximate surface area is 161 Å². The number of aromatic amines is 2. The number of hydrogen-bond donors (Lipinski definition) is 2.